The number of halogens is 2. The van der Waals surface area contributed by atoms with E-state index in [2.05, 4.69) is 5.43 Å². The Kier molecular flexibility index (Phi) is 8.06. The number of fused-ring (bicyclic) bond motifs is 4. The summed E-state index contributed by atoms with van der Waals surface area (Å²) in [6, 6.07) is 21.5. The van der Waals surface area contributed by atoms with Gasteiger partial charge in [-0.1, -0.05) is 47.5 Å². The Balaban J connectivity index is 1.33. The van der Waals surface area contributed by atoms with Crippen molar-refractivity contribution < 1.29 is 38.3 Å². The third kappa shape index (κ3) is 5.09. The third-order valence-electron chi connectivity index (χ3n) is 11.1. The van der Waals surface area contributed by atoms with E-state index in [1.54, 1.807) is 30.3 Å². The summed E-state index contributed by atoms with van der Waals surface area (Å²) in [4.78, 5) is 70.5. The van der Waals surface area contributed by atoms with Crippen LogP contribution >= 0.6 is 11.6 Å². The first kappa shape index (κ1) is 34.0. The SMILES string of the molecule is COc1cc(O)ccc1[C@H]1C2=CC[C@@H]3C(=O)N(c4cccc([N+](=O)[O-])c4)C(=O)[C@@H]3[C@@H]2C[C@H]2C(=O)N(Nc3ccc(F)cc3)C(=O)[C@@]12c1ccc(Cl)cc1. The molecule has 0 bridgehead atoms. The van der Waals surface area contributed by atoms with Crippen LogP contribution in [0.4, 0.5) is 21.5 Å². The number of hydrogen-bond donors (Lipinski definition) is 2. The Morgan fingerprint density at radius 1 is 0.943 bits per heavy atom. The lowest BCUT2D eigenvalue weighted by Crippen LogP contribution is -2.53. The number of carbonyl (C=O) groups excluding carboxylic acids is 4. The van der Waals surface area contributed by atoms with Crippen molar-refractivity contribution in [1.29, 1.82) is 0 Å². The first-order valence-corrected chi connectivity index (χ1v) is 17.2. The summed E-state index contributed by atoms with van der Waals surface area (Å²) in [5.41, 5.74) is 2.84. The van der Waals surface area contributed by atoms with Crippen LogP contribution < -0.4 is 15.1 Å². The summed E-state index contributed by atoms with van der Waals surface area (Å²) in [6.07, 6.45) is 1.96. The summed E-state index contributed by atoms with van der Waals surface area (Å²) in [6.45, 7) is 0. The molecule has 268 valence electrons. The van der Waals surface area contributed by atoms with Crippen LogP contribution in [0, 0.1) is 39.6 Å². The van der Waals surface area contributed by atoms with Gasteiger partial charge in [-0.15, -0.1) is 0 Å². The number of hydrazine groups is 1. The van der Waals surface area contributed by atoms with E-state index in [0.29, 0.717) is 21.7 Å². The molecular formula is C39H30ClFN4O8. The van der Waals surface area contributed by atoms with E-state index in [-0.39, 0.29) is 41.4 Å². The Morgan fingerprint density at radius 2 is 1.68 bits per heavy atom. The first-order valence-electron chi connectivity index (χ1n) is 16.8. The van der Waals surface area contributed by atoms with Gasteiger partial charge < -0.3 is 9.84 Å². The second-order valence-corrected chi connectivity index (χ2v) is 14.0. The molecule has 2 heterocycles. The molecule has 12 nitrogen and oxygen atoms in total. The zero-order valence-electron chi connectivity index (χ0n) is 27.9. The molecule has 2 N–H and O–H groups in total. The van der Waals surface area contributed by atoms with E-state index >= 15 is 4.79 Å². The second kappa shape index (κ2) is 12.6. The molecule has 4 aromatic rings. The topological polar surface area (TPSA) is 159 Å². The predicted molar refractivity (Wildman–Crippen MR) is 189 cm³/mol. The molecular weight excluding hydrogens is 707 g/mol. The smallest absolute Gasteiger partial charge is 0.271 e. The number of nitro benzene ring substituents is 1. The Hall–Kier alpha value is -6.08. The molecule has 2 aliphatic heterocycles. The van der Waals surface area contributed by atoms with Gasteiger partial charge in [-0.3, -0.25) is 34.7 Å². The monoisotopic (exact) mass is 736 g/mol. The quantitative estimate of drug-likeness (QED) is 0.0962. The number of ether oxygens (including phenoxy) is 1. The molecule has 53 heavy (non-hydrogen) atoms. The van der Waals surface area contributed by atoms with Crippen molar-refractivity contribution in [2.75, 3.05) is 17.4 Å². The summed E-state index contributed by atoms with van der Waals surface area (Å²) in [7, 11) is 1.41. The molecule has 1 saturated carbocycles. The van der Waals surface area contributed by atoms with E-state index in [1.165, 1.54) is 67.8 Å². The average Bonchev–Trinajstić information content (AvgIpc) is 3.53. The third-order valence-corrected chi connectivity index (χ3v) is 11.3. The number of rotatable bonds is 7. The van der Waals surface area contributed by atoms with Crippen molar-refractivity contribution in [3.05, 3.63) is 135 Å². The van der Waals surface area contributed by atoms with Crippen molar-refractivity contribution in [3.8, 4) is 11.5 Å². The highest BCUT2D eigenvalue weighted by Crippen LogP contribution is 2.65. The van der Waals surface area contributed by atoms with Gasteiger partial charge in [-0.2, -0.15) is 5.01 Å². The molecule has 0 spiro atoms. The number of aromatic hydroxyl groups is 1. The van der Waals surface area contributed by atoms with E-state index in [4.69, 9.17) is 16.3 Å². The minimum Gasteiger partial charge on any atom is -0.508 e. The highest BCUT2D eigenvalue weighted by Gasteiger charge is 2.70. The number of nitrogens with zero attached hydrogens (tertiary/aromatic N) is 3. The largest absolute Gasteiger partial charge is 0.508 e. The van der Waals surface area contributed by atoms with Crippen LogP contribution in [0.2, 0.25) is 5.02 Å². The molecule has 6 atom stereocenters. The molecule has 4 aromatic carbocycles. The summed E-state index contributed by atoms with van der Waals surface area (Å²) in [5.74, 6) is -7.29. The zero-order valence-corrected chi connectivity index (χ0v) is 28.7. The first-order chi connectivity index (χ1) is 25.4. The number of methoxy groups -OCH3 is 1. The minimum absolute atomic E-state index is 0.0134. The van der Waals surface area contributed by atoms with Crippen molar-refractivity contribution in [2.24, 2.45) is 23.7 Å². The number of phenolic OH excluding ortho intramolecular Hbond substituents is 1. The number of nitrogens with one attached hydrogen (secondary N) is 1. The molecule has 2 saturated heterocycles. The zero-order chi connectivity index (χ0) is 37.3. The molecule has 4 amide bonds. The van der Waals surface area contributed by atoms with Crippen LogP contribution in [0.1, 0.15) is 29.9 Å². The maximum absolute atomic E-state index is 15.3. The van der Waals surface area contributed by atoms with Crippen molar-refractivity contribution >= 4 is 52.3 Å². The fourth-order valence-electron chi connectivity index (χ4n) is 8.94. The lowest BCUT2D eigenvalue weighted by Gasteiger charge is -2.50. The minimum atomic E-state index is -1.65. The number of phenols is 1. The van der Waals surface area contributed by atoms with Crippen LogP contribution in [-0.2, 0) is 24.6 Å². The highest BCUT2D eigenvalue weighted by atomic mass is 35.5. The average molecular weight is 737 g/mol. The molecule has 0 unspecified atom stereocenters. The lowest BCUT2D eigenvalue weighted by atomic mass is 9.49. The van der Waals surface area contributed by atoms with Gasteiger partial charge >= 0.3 is 0 Å². The van der Waals surface area contributed by atoms with Gasteiger partial charge in [0.05, 0.1) is 46.6 Å². The number of amides is 4. The molecule has 8 rings (SSSR count). The molecule has 0 radical (unpaired) electrons. The summed E-state index contributed by atoms with van der Waals surface area (Å²) >= 11 is 6.34. The van der Waals surface area contributed by atoms with Gasteiger partial charge in [0.15, 0.2) is 0 Å². The van der Waals surface area contributed by atoms with Gasteiger partial charge in [-0.05, 0) is 72.9 Å². The van der Waals surface area contributed by atoms with Crippen LogP contribution in [0.3, 0.4) is 0 Å². The lowest BCUT2D eigenvalue weighted by molar-refractivity contribution is -0.384. The highest BCUT2D eigenvalue weighted by molar-refractivity contribution is 6.30. The number of nitro groups is 1. The number of non-ortho nitro benzene ring substituents is 1. The summed E-state index contributed by atoms with van der Waals surface area (Å²) < 4.78 is 19.6. The van der Waals surface area contributed by atoms with Gasteiger partial charge in [-0.25, -0.2) is 9.29 Å². The fourth-order valence-corrected chi connectivity index (χ4v) is 9.06. The fraction of sp³-hybridized carbons (Fsp3) is 0.231. The normalized spacial score (nSPS) is 26.2. The van der Waals surface area contributed by atoms with Crippen molar-refractivity contribution in [1.82, 2.24) is 5.01 Å². The molecule has 14 heteroatoms. The second-order valence-electron chi connectivity index (χ2n) is 13.6. The number of carbonyl (C=O) groups is 4. The Labute approximate surface area is 306 Å². The maximum Gasteiger partial charge on any atom is 0.271 e. The standard InChI is InChI=1S/C39H30ClFN4O8/c1-53-32-18-26(46)13-14-28(32)34-27-15-16-29-33(37(49)43(35(29)47)24-3-2-4-25(17-24)45(51)52)30(27)19-31-36(48)44(42-23-11-9-22(41)10-12-23)38(50)39(31,34)20-5-7-21(40)8-6-20/h2-15,17-18,29-31,33-34,42,46H,16,19H2,1H3/t29-,30+,31-,33-,34+,39+/m0/s1. The number of allylic oxidation sites excluding steroid dienone is 2. The van der Waals surface area contributed by atoms with Crippen LogP contribution in [0.25, 0.3) is 0 Å². The predicted octanol–water partition coefficient (Wildman–Crippen LogP) is 6.29. The number of hydrogen-bond acceptors (Lipinski definition) is 9. The van der Waals surface area contributed by atoms with E-state index < -0.39 is 69.4 Å². The van der Waals surface area contributed by atoms with Crippen molar-refractivity contribution in [3.63, 3.8) is 0 Å². The number of imide groups is 2. The van der Waals surface area contributed by atoms with Crippen LogP contribution in [0.5, 0.6) is 11.5 Å². The van der Waals surface area contributed by atoms with Crippen molar-refractivity contribution in [2.45, 2.75) is 24.2 Å². The van der Waals surface area contributed by atoms with Crippen LogP contribution in [0.15, 0.2) is 103 Å². The number of benzene rings is 4. The van der Waals surface area contributed by atoms with E-state index in [0.717, 1.165) is 9.91 Å². The Bertz CT molecular complexity index is 2260. The number of anilines is 2. The van der Waals surface area contributed by atoms with E-state index in [1.807, 2.05) is 6.08 Å². The molecule has 4 aliphatic rings. The van der Waals surface area contributed by atoms with Crippen LogP contribution in [-0.4, -0.2) is 45.8 Å². The van der Waals surface area contributed by atoms with Gasteiger partial charge in [0.25, 0.3) is 17.5 Å². The van der Waals surface area contributed by atoms with E-state index in [9.17, 15) is 34.0 Å². The molecule has 2 aliphatic carbocycles. The van der Waals surface area contributed by atoms with Gasteiger partial charge in [0.2, 0.25) is 11.8 Å². The van der Waals surface area contributed by atoms with Gasteiger partial charge in [0.1, 0.15) is 17.3 Å². The Morgan fingerprint density at radius 3 is 2.38 bits per heavy atom. The van der Waals surface area contributed by atoms with Gasteiger partial charge in [0, 0.05) is 34.7 Å². The molecule has 0 aromatic heterocycles. The maximum atomic E-state index is 15.3. The molecule has 3 fully saturated rings. The summed E-state index contributed by atoms with van der Waals surface area (Å²) in [5, 5.41) is 23.4.